The second-order valence-electron chi connectivity index (χ2n) is 7.39. The predicted octanol–water partition coefficient (Wildman–Crippen LogP) is 2.09. The van der Waals surface area contributed by atoms with Crippen LogP contribution in [0, 0.1) is 23.2 Å². The SMILES string of the molecule is CC(C)(C)OC(=O)N1CC2CN(C(=O)c3occc3C#N)CC2C1. The molecule has 2 fully saturated rings. The third-order valence-corrected chi connectivity index (χ3v) is 4.41. The minimum Gasteiger partial charge on any atom is -0.458 e. The van der Waals surface area contributed by atoms with Crippen LogP contribution in [-0.4, -0.2) is 53.6 Å². The Hall–Kier alpha value is -2.49. The van der Waals surface area contributed by atoms with Gasteiger partial charge in [0.15, 0.2) is 0 Å². The van der Waals surface area contributed by atoms with Gasteiger partial charge in [-0.15, -0.1) is 0 Å². The maximum atomic E-state index is 12.5. The fourth-order valence-corrected chi connectivity index (χ4v) is 3.34. The third kappa shape index (κ3) is 3.09. The van der Waals surface area contributed by atoms with Crippen LogP contribution in [-0.2, 0) is 4.74 Å². The fourth-order valence-electron chi connectivity index (χ4n) is 3.34. The average Bonchev–Trinajstić information content (AvgIpc) is 3.17. The molecule has 2 aliphatic heterocycles. The topological polar surface area (TPSA) is 86.8 Å². The Morgan fingerprint density at radius 2 is 1.79 bits per heavy atom. The summed E-state index contributed by atoms with van der Waals surface area (Å²) in [5.74, 6) is 0.320. The quantitative estimate of drug-likeness (QED) is 0.786. The van der Waals surface area contributed by atoms with Gasteiger partial charge in [-0.3, -0.25) is 4.79 Å². The summed E-state index contributed by atoms with van der Waals surface area (Å²) in [6.07, 6.45) is 1.06. The van der Waals surface area contributed by atoms with Crippen molar-refractivity contribution in [3.63, 3.8) is 0 Å². The molecule has 2 amide bonds. The van der Waals surface area contributed by atoms with Gasteiger partial charge in [0.1, 0.15) is 17.2 Å². The highest BCUT2D eigenvalue weighted by molar-refractivity contribution is 5.94. The molecule has 0 N–H and O–H groups in total. The molecule has 1 aromatic rings. The van der Waals surface area contributed by atoms with Gasteiger partial charge in [0.05, 0.1) is 6.26 Å². The van der Waals surface area contributed by atoms with Crippen LogP contribution in [0.25, 0.3) is 0 Å². The van der Waals surface area contributed by atoms with Crippen molar-refractivity contribution in [2.45, 2.75) is 26.4 Å². The zero-order valence-electron chi connectivity index (χ0n) is 14.1. The lowest BCUT2D eigenvalue weighted by atomic mass is 10.0. The lowest BCUT2D eigenvalue weighted by Crippen LogP contribution is -2.38. The number of hydrogen-bond donors (Lipinski definition) is 0. The molecule has 0 aromatic carbocycles. The minimum atomic E-state index is -0.510. The lowest BCUT2D eigenvalue weighted by molar-refractivity contribution is 0.0275. The summed E-state index contributed by atoms with van der Waals surface area (Å²) in [4.78, 5) is 28.1. The fraction of sp³-hybridized carbons (Fsp3) is 0.588. The second kappa shape index (κ2) is 5.86. The molecular weight excluding hydrogens is 310 g/mol. The van der Waals surface area contributed by atoms with Gasteiger partial charge in [0.2, 0.25) is 5.76 Å². The molecule has 24 heavy (non-hydrogen) atoms. The molecular formula is C17H21N3O4. The molecule has 128 valence electrons. The Bertz CT molecular complexity index is 683. The van der Waals surface area contributed by atoms with Crippen LogP contribution in [0.1, 0.15) is 36.9 Å². The zero-order chi connectivity index (χ0) is 17.5. The number of likely N-dealkylation sites (tertiary alicyclic amines) is 2. The summed E-state index contributed by atoms with van der Waals surface area (Å²) in [7, 11) is 0. The van der Waals surface area contributed by atoms with Crippen LogP contribution < -0.4 is 0 Å². The van der Waals surface area contributed by atoms with Crippen molar-refractivity contribution >= 4 is 12.0 Å². The molecule has 2 aliphatic rings. The standard InChI is InChI=1S/C17H21N3O4/c1-17(2,3)24-16(22)20-9-12-7-19(8-13(12)10-20)15(21)14-11(6-18)4-5-23-14/h4-5,12-13H,7-10H2,1-3H3. The van der Waals surface area contributed by atoms with Crippen molar-refractivity contribution in [3.8, 4) is 6.07 Å². The summed E-state index contributed by atoms with van der Waals surface area (Å²) >= 11 is 0. The van der Waals surface area contributed by atoms with E-state index in [4.69, 9.17) is 14.4 Å². The van der Waals surface area contributed by atoms with E-state index in [9.17, 15) is 9.59 Å². The van der Waals surface area contributed by atoms with E-state index in [2.05, 4.69) is 0 Å². The van der Waals surface area contributed by atoms with Crippen molar-refractivity contribution in [1.29, 1.82) is 5.26 Å². The average molecular weight is 331 g/mol. The molecule has 0 saturated carbocycles. The summed E-state index contributed by atoms with van der Waals surface area (Å²) in [6, 6.07) is 3.46. The van der Waals surface area contributed by atoms with Gasteiger partial charge in [-0.2, -0.15) is 5.26 Å². The van der Waals surface area contributed by atoms with Crippen molar-refractivity contribution in [1.82, 2.24) is 9.80 Å². The van der Waals surface area contributed by atoms with Crippen LogP contribution in [0.5, 0.6) is 0 Å². The van der Waals surface area contributed by atoms with Crippen LogP contribution in [0.3, 0.4) is 0 Å². The number of amides is 2. The first-order valence-corrected chi connectivity index (χ1v) is 8.03. The molecule has 1 aromatic heterocycles. The molecule has 0 spiro atoms. The van der Waals surface area contributed by atoms with Gasteiger partial charge in [-0.05, 0) is 26.8 Å². The smallest absolute Gasteiger partial charge is 0.410 e. The van der Waals surface area contributed by atoms with Crippen LogP contribution in [0.15, 0.2) is 16.7 Å². The number of nitriles is 1. The van der Waals surface area contributed by atoms with Gasteiger partial charge < -0.3 is 19.0 Å². The van der Waals surface area contributed by atoms with Gasteiger partial charge in [-0.25, -0.2) is 4.79 Å². The van der Waals surface area contributed by atoms with E-state index < -0.39 is 5.60 Å². The number of carbonyl (C=O) groups is 2. The summed E-state index contributed by atoms with van der Waals surface area (Å²) in [6.45, 7) is 7.84. The molecule has 0 aliphatic carbocycles. The Balaban J connectivity index is 1.60. The van der Waals surface area contributed by atoms with E-state index in [1.165, 1.54) is 12.3 Å². The Morgan fingerprint density at radius 1 is 1.21 bits per heavy atom. The number of furan rings is 1. The van der Waals surface area contributed by atoms with E-state index in [-0.39, 0.29) is 35.2 Å². The first-order valence-electron chi connectivity index (χ1n) is 8.03. The number of rotatable bonds is 1. The Kier molecular flexibility index (Phi) is 3.99. The molecule has 3 rings (SSSR count). The Labute approximate surface area is 140 Å². The monoisotopic (exact) mass is 331 g/mol. The molecule has 3 heterocycles. The third-order valence-electron chi connectivity index (χ3n) is 4.41. The highest BCUT2D eigenvalue weighted by atomic mass is 16.6. The lowest BCUT2D eigenvalue weighted by Gasteiger charge is -2.25. The predicted molar refractivity (Wildman–Crippen MR) is 84.1 cm³/mol. The Morgan fingerprint density at radius 3 is 2.33 bits per heavy atom. The number of nitrogens with zero attached hydrogens (tertiary/aromatic N) is 3. The molecule has 7 heteroatoms. The van der Waals surface area contributed by atoms with Gasteiger partial charge in [0.25, 0.3) is 5.91 Å². The first-order chi connectivity index (χ1) is 11.3. The highest BCUT2D eigenvalue weighted by Crippen LogP contribution is 2.33. The number of carbonyl (C=O) groups excluding carboxylic acids is 2. The maximum absolute atomic E-state index is 12.5. The van der Waals surface area contributed by atoms with Crippen molar-refractivity contribution in [3.05, 3.63) is 23.7 Å². The molecule has 2 atom stereocenters. The zero-order valence-corrected chi connectivity index (χ0v) is 14.1. The van der Waals surface area contributed by atoms with Crippen LogP contribution >= 0.6 is 0 Å². The summed E-state index contributed by atoms with van der Waals surface area (Å²) in [5.41, 5.74) is -0.253. The molecule has 0 bridgehead atoms. The van der Waals surface area contributed by atoms with E-state index in [1.54, 1.807) is 9.80 Å². The molecule has 7 nitrogen and oxygen atoms in total. The van der Waals surface area contributed by atoms with E-state index in [1.807, 2.05) is 26.8 Å². The van der Waals surface area contributed by atoms with Crippen molar-refractivity contribution in [2.75, 3.05) is 26.2 Å². The maximum Gasteiger partial charge on any atom is 0.410 e. The van der Waals surface area contributed by atoms with E-state index >= 15 is 0 Å². The van der Waals surface area contributed by atoms with Gasteiger partial charge in [0, 0.05) is 38.0 Å². The minimum absolute atomic E-state index is 0.0986. The normalized spacial score (nSPS) is 23.1. The molecule has 2 unspecified atom stereocenters. The second-order valence-corrected chi connectivity index (χ2v) is 7.39. The number of fused-ring (bicyclic) bond motifs is 1. The summed E-state index contributed by atoms with van der Waals surface area (Å²) < 4.78 is 10.6. The van der Waals surface area contributed by atoms with Crippen molar-refractivity contribution in [2.24, 2.45) is 11.8 Å². The van der Waals surface area contributed by atoms with Crippen LogP contribution in [0.4, 0.5) is 4.79 Å². The molecule has 0 radical (unpaired) electrons. The van der Waals surface area contributed by atoms with Crippen molar-refractivity contribution < 1.29 is 18.7 Å². The van der Waals surface area contributed by atoms with E-state index in [0.29, 0.717) is 26.2 Å². The number of ether oxygens (including phenoxy) is 1. The van der Waals surface area contributed by atoms with Crippen LogP contribution in [0.2, 0.25) is 0 Å². The highest BCUT2D eigenvalue weighted by Gasteiger charge is 2.44. The first kappa shape index (κ1) is 16.4. The summed E-state index contributed by atoms with van der Waals surface area (Å²) in [5, 5.41) is 9.01. The van der Waals surface area contributed by atoms with E-state index in [0.717, 1.165) is 0 Å². The molecule has 2 saturated heterocycles. The number of hydrogen-bond acceptors (Lipinski definition) is 5. The largest absolute Gasteiger partial charge is 0.458 e. The van der Waals surface area contributed by atoms with Gasteiger partial charge >= 0.3 is 6.09 Å². The van der Waals surface area contributed by atoms with Gasteiger partial charge in [-0.1, -0.05) is 0 Å².